The van der Waals surface area contributed by atoms with Gasteiger partial charge in [0.1, 0.15) is 11.6 Å². The van der Waals surface area contributed by atoms with Gasteiger partial charge in [0.25, 0.3) is 5.91 Å². The van der Waals surface area contributed by atoms with E-state index in [0.29, 0.717) is 0 Å². The molecule has 98 valence electrons. The number of nitrogens with two attached hydrogens (primary N) is 1. The van der Waals surface area contributed by atoms with Crippen LogP contribution in [-0.2, 0) is 0 Å². The minimum absolute atomic E-state index is 0.0414. The molecule has 0 aliphatic carbocycles. The molecule has 0 heterocycles. The quantitative estimate of drug-likeness (QED) is 0.829. The minimum atomic E-state index is -0.662. The number of carbonyl (C=O) groups is 1. The summed E-state index contributed by atoms with van der Waals surface area (Å²) in [5, 5.41) is 2.55. The van der Waals surface area contributed by atoms with Gasteiger partial charge in [0, 0.05) is 5.69 Å². The third-order valence-electron chi connectivity index (χ3n) is 2.44. The fourth-order valence-corrected chi connectivity index (χ4v) is 1.67. The molecule has 2 rings (SSSR count). The van der Waals surface area contributed by atoms with Gasteiger partial charge in [0.15, 0.2) is 0 Å². The highest BCUT2D eigenvalue weighted by molar-refractivity contribution is 6.34. The van der Waals surface area contributed by atoms with Crippen LogP contribution in [0.25, 0.3) is 0 Å². The third kappa shape index (κ3) is 3.00. The third-order valence-corrected chi connectivity index (χ3v) is 2.77. The second kappa shape index (κ2) is 5.24. The van der Waals surface area contributed by atoms with Gasteiger partial charge in [0.05, 0.1) is 16.3 Å². The molecule has 6 heteroatoms. The number of carbonyl (C=O) groups excluding carboxylic acids is 1. The van der Waals surface area contributed by atoms with Gasteiger partial charge in [-0.15, -0.1) is 0 Å². The molecular formula is C13H9ClF2N2O. The lowest BCUT2D eigenvalue weighted by Gasteiger charge is -2.09. The summed E-state index contributed by atoms with van der Waals surface area (Å²) < 4.78 is 26.1. The van der Waals surface area contributed by atoms with Gasteiger partial charge in [-0.05, 0) is 36.4 Å². The highest BCUT2D eigenvalue weighted by Gasteiger charge is 2.13. The van der Waals surface area contributed by atoms with Crippen LogP contribution in [0.2, 0.25) is 5.02 Å². The number of hydrogen-bond donors (Lipinski definition) is 2. The molecule has 2 aromatic rings. The van der Waals surface area contributed by atoms with E-state index in [-0.39, 0.29) is 22.0 Å². The zero-order valence-corrected chi connectivity index (χ0v) is 10.3. The number of halogens is 3. The highest BCUT2D eigenvalue weighted by atomic mass is 35.5. The summed E-state index contributed by atoms with van der Waals surface area (Å²) in [4.78, 5) is 11.9. The predicted molar refractivity (Wildman–Crippen MR) is 70.2 cm³/mol. The molecule has 3 N–H and O–H groups in total. The summed E-state index contributed by atoms with van der Waals surface area (Å²) in [6.07, 6.45) is 0. The van der Waals surface area contributed by atoms with E-state index >= 15 is 0 Å². The molecule has 0 saturated heterocycles. The van der Waals surface area contributed by atoms with Crippen LogP contribution in [0, 0.1) is 11.6 Å². The normalized spacial score (nSPS) is 10.3. The van der Waals surface area contributed by atoms with Crippen molar-refractivity contribution >= 4 is 28.9 Å². The van der Waals surface area contributed by atoms with Crippen LogP contribution in [0.15, 0.2) is 36.4 Å². The Kier molecular flexibility index (Phi) is 3.66. The number of rotatable bonds is 2. The van der Waals surface area contributed by atoms with Gasteiger partial charge >= 0.3 is 0 Å². The van der Waals surface area contributed by atoms with Gasteiger partial charge in [-0.3, -0.25) is 4.79 Å². The molecule has 1 amide bonds. The first kappa shape index (κ1) is 13.3. The first-order valence-electron chi connectivity index (χ1n) is 5.29. The lowest BCUT2D eigenvalue weighted by atomic mass is 10.1. The van der Waals surface area contributed by atoms with Crippen LogP contribution in [0.1, 0.15) is 10.4 Å². The van der Waals surface area contributed by atoms with E-state index in [2.05, 4.69) is 5.32 Å². The predicted octanol–water partition coefficient (Wildman–Crippen LogP) is 3.45. The van der Waals surface area contributed by atoms with E-state index in [1.54, 1.807) is 0 Å². The number of benzene rings is 2. The number of hydrogen-bond acceptors (Lipinski definition) is 2. The molecule has 3 nitrogen and oxygen atoms in total. The van der Waals surface area contributed by atoms with Gasteiger partial charge < -0.3 is 11.1 Å². The summed E-state index contributed by atoms with van der Waals surface area (Å²) in [6, 6.07) is 6.95. The fraction of sp³-hybridized carbons (Fsp3) is 0. The van der Waals surface area contributed by atoms with Crippen LogP contribution >= 0.6 is 11.6 Å². The average molecular weight is 283 g/mol. The topological polar surface area (TPSA) is 55.1 Å². The molecule has 0 unspecified atom stereocenters. The van der Waals surface area contributed by atoms with Crippen molar-refractivity contribution in [3.63, 3.8) is 0 Å². The SMILES string of the molecule is Nc1ccc(F)cc1C(=O)Nc1cc(F)ccc1Cl. The Labute approximate surface area is 113 Å². The van der Waals surface area contributed by atoms with Gasteiger partial charge in [-0.2, -0.15) is 0 Å². The Morgan fingerprint density at radius 1 is 1.11 bits per heavy atom. The highest BCUT2D eigenvalue weighted by Crippen LogP contribution is 2.24. The molecular weight excluding hydrogens is 274 g/mol. The first-order chi connectivity index (χ1) is 8.97. The largest absolute Gasteiger partial charge is 0.398 e. The molecule has 0 aromatic heterocycles. The van der Waals surface area contributed by atoms with E-state index in [0.717, 1.165) is 24.3 Å². The Bertz CT molecular complexity index is 647. The second-order valence-electron chi connectivity index (χ2n) is 3.81. The first-order valence-corrected chi connectivity index (χ1v) is 5.66. The van der Waals surface area contributed by atoms with Crippen LogP contribution in [0.3, 0.4) is 0 Å². The lowest BCUT2D eigenvalue weighted by molar-refractivity contribution is 0.102. The van der Waals surface area contributed by atoms with Crippen molar-refractivity contribution in [2.45, 2.75) is 0 Å². The molecule has 0 fully saturated rings. The molecule has 0 atom stereocenters. The van der Waals surface area contributed by atoms with E-state index < -0.39 is 17.5 Å². The lowest BCUT2D eigenvalue weighted by Crippen LogP contribution is -2.14. The van der Waals surface area contributed by atoms with Crippen molar-refractivity contribution in [2.75, 3.05) is 11.1 Å². The monoisotopic (exact) mass is 282 g/mol. The molecule has 0 radical (unpaired) electrons. The zero-order valence-electron chi connectivity index (χ0n) is 9.58. The Morgan fingerprint density at radius 2 is 1.74 bits per heavy atom. The zero-order chi connectivity index (χ0) is 14.0. The summed E-state index contributed by atoms with van der Waals surface area (Å²) in [6.45, 7) is 0. The Balaban J connectivity index is 2.30. The van der Waals surface area contributed by atoms with Crippen LogP contribution < -0.4 is 11.1 Å². The van der Waals surface area contributed by atoms with E-state index in [1.165, 1.54) is 12.1 Å². The molecule has 0 saturated carbocycles. The smallest absolute Gasteiger partial charge is 0.257 e. The number of nitrogens with one attached hydrogen (secondary N) is 1. The van der Waals surface area contributed by atoms with Crippen molar-refractivity contribution in [1.82, 2.24) is 0 Å². The maximum atomic E-state index is 13.1. The number of anilines is 2. The van der Waals surface area contributed by atoms with E-state index in [4.69, 9.17) is 17.3 Å². The van der Waals surface area contributed by atoms with E-state index in [1.807, 2.05) is 0 Å². The molecule has 2 aromatic carbocycles. The van der Waals surface area contributed by atoms with Crippen molar-refractivity contribution in [3.8, 4) is 0 Å². The fourth-order valence-electron chi connectivity index (χ4n) is 1.51. The minimum Gasteiger partial charge on any atom is -0.398 e. The van der Waals surface area contributed by atoms with Crippen LogP contribution in [0.4, 0.5) is 20.2 Å². The molecule has 19 heavy (non-hydrogen) atoms. The standard InChI is InChI=1S/C13H9ClF2N2O/c14-10-3-1-8(16)6-12(10)18-13(19)9-5-7(15)2-4-11(9)17/h1-6H,17H2,(H,18,19). The second-order valence-corrected chi connectivity index (χ2v) is 4.22. The summed E-state index contributed by atoms with van der Waals surface area (Å²) in [7, 11) is 0. The molecule has 0 spiro atoms. The maximum absolute atomic E-state index is 13.1. The Morgan fingerprint density at radius 3 is 2.47 bits per heavy atom. The molecule has 0 aliphatic rings. The van der Waals surface area contributed by atoms with Crippen molar-refractivity contribution in [2.24, 2.45) is 0 Å². The van der Waals surface area contributed by atoms with Gasteiger partial charge in [-0.1, -0.05) is 11.6 Å². The summed E-state index contributed by atoms with van der Waals surface area (Å²) >= 11 is 5.81. The van der Waals surface area contributed by atoms with Gasteiger partial charge in [-0.25, -0.2) is 8.78 Å². The van der Waals surface area contributed by atoms with Crippen LogP contribution in [0.5, 0.6) is 0 Å². The van der Waals surface area contributed by atoms with Gasteiger partial charge in [0.2, 0.25) is 0 Å². The number of amides is 1. The molecule has 0 bridgehead atoms. The van der Waals surface area contributed by atoms with E-state index in [9.17, 15) is 13.6 Å². The average Bonchev–Trinajstić information content (AvgIpc) is 2.36. The summed E-state index contributed by atoms with van der Waals surface area (Å²) in [5.41, 5.74) is 5.75. The van der Waals surface area contributed by atoms with Crippen molar-refractivity contribution in [1.29, 1.82) is 0 Å². The van der Waals surface area contributed by atoms with Crippen molar-refractivity contribution in [3.05, 3.63) is 58.6 Å². The summed E-state index contributed by atoms with van der Waals surface area (Å²) in [5.74, 6) is -1.80. The maximum Gasteiger partial charge on any atom is 0.257 e. The Hall–Kier alpha value is -2.14. The molecule has 0 aliphatic heterocycles. The number of nitrogen functional groups attached to an aromatic ring is 1. The van der Waals surface area contributed by atoms with Crippen LogP contribution in [-0.4, -0.2) is 5.91 Å². The van der Waals surface area contributed by atoms with Crippen molar-refractivity contribution < 1.29 is 13.6 Å².